The smallest absolute Gasteiger partial charge is 0.308 e. The lowest BCUT2D eigenvalue weighted by molar-refractivity contribution is -0.147. The molecular weight excluding hydrogens is 266 g/mol. The topological polar surface area (TPSA) is 57.6 Å². The van der Waals surface area contributed by atoms with E-state index in [-0.39, 0.29) is 11.9 Å². The highest BCUT2D eigenvalue weighted by Crippen LogP contribution is 2.23. The fraction of sp³-hybridized carbons (Fsp3) is 0.529. The summed E-state index contributed by atoms with van der Waals surface area (Å²) in [7, 11) is 0. The minimum absolute atomic E-state index is 0.0639. The number of likely N-dealkylation sites (tertiary alicyclic amines) is 1. The Hall–Kier alpha value is -1.84. The molecule has 1 N–H and O–H groups in total. The molecule has 1 amide bonds. The number of carboxylic acids is 1. The predicted octanol–water partition coefficient (Wildman–Crippen LogP) is 2.64. The van der Waals surface area contributed by atoms with E-state index in [2.05, 4.69) is 0 Å². The van der Waals surface area contributed by atoms with E-state index in [9.17, 15) is 9.59 Å². The van der Waals surface area contributed by atoms with Crippen LogP contribution in [0.1, 0.15) is 37.3 Å². The summed E-state index contributed by atoms with van der Waals surface area (Å²) in [4.78, 5) is 25.2. The molecule has 1 fully saturated rings. The van der Waals surface area contributed by atoms with Gasteiger partial charge in [0.05, 0.1) is 5.92 Å². The Kier molecular flexibility index (Phi) is 4.99. The van der Waals surface area contributed by atoms with Gasteiger partial charge in [-0.15, -0.1) is 0 Å². The number of aliphatic carboxylic acids is 1. The third kappa shape index (κ3) is 4.06. The van der Waals surface area contributed by atoms with Crippen LogP contribution in [-0.2, 0) is 16.0 Å². The average molecular weight is 289 g/mol. The number of hydrogen-bond donors (Lipinski definition) is 1. The first-order valence-corrected chi connectivity index (χ1v) is 7.55. The summed E-state index contributed by atoms with van der Waals surface area (Å²) >= 11 is 0. The number of carbonyl (C=O) groups excluding carboxylic acids is 1. The molecule has 1 saturated heterocycles. The summed E-state index contributed by atoms with van der Waals surface area (Å²) in [5, 5.41) is 9.12. The fourth-order valence-electron chi connectivity index (χ4n) is 2.81. The van der Waals surface area contributed by atoms with Gasteiger partial charge in [0.15, 0.2) is 0 Å². The lowest BCUT2D eigenvalue weighted by Crippen LogP contribution is -2.47. The van der Waals surface area contributed by atoms with Crippen molar-refractivity contribution in [2.24, 2.45) is 5.92 Å². The molecule has 0 bridgehead atoms. The third-order valence-corrected chi connectivity index (χ3v) is 4.30. The summed E-state index contributed by atoms with van der Waals surface area (Å²) in [5.74, 6) is -1.14. The number of benzene rings is 1. The van der Waals surface area contributed by atoms with Gasteiger partial charge in [-0.05, 0) is 38.7 Å². The molecule has 0 aromatic heterocycles. The van der Waals surface area contributed by atoms with Crippen LogP contribution in [0.5, 0.6) is 0 Å². The summed E-state index contributed by atoms with van der Waals surface area (Å²) < 4.78 is 0. The van der Waals surface area contributed by atoms with Gasteiger partial charge in [0, 0.05) is 19.0 Å². The first-order chi connectivity index (χ1) is 9.97. The lowest BCUT2D eigenvalue weighted by atomic mass is 9.93. The number of amides is 1. The zero-order chi connectivity index (χ0) is 15.4. The first kappa shape index (κ1) is 15.5. The molecule has 1 aromatic carbocycles. The van der Waals surface area contributed by atoms with Crippen molar-refractivity contribution in [2.45, 2.75) is 45.6 Å². The van der Waals surface area contributed by atoms with Crippen LogP contribution in [0, 0.1) is 12.8 Å². The Bertz CT molecular complexity index is 509. The van der Waals surface area contributed by atoms with E-state index >= 15 is 0 Å². The highest BCUT2D eigenvalue weighted by molar-refractivity contribution is 5.78. The average Bonchev–Trinajstić information content (AvgIpc) is 2.46. The molecule has 1 heterocycles. The molecule has 2 rings (SSSR count). The molecule has 4 nitrogen and oxygen atoms in total. The second-order valence-corrected chi connectivity index (χ2v) is 5.99. The van der Waals surface area contributed by atoms with Gasteiger partial charge in [-0.2, -0.15) is 0 Å². The number of aryl methyl sites for hydroxylation is 2. The van der Waals surface area contributed by atoms with Gasteiger partial charge in [0.25, 0.3) is 0 Å². The maximum atomic E-state index is 12.3. The molecule has 4 heteroatoms. The number of rotatable bonds is 4. The fourth-order valence-corrected chi connectivity index (χ4v) is 2.81. The largest absolute Gasteiger partial charge is 0.481 e. The van der Waals surface area contributed by atoms with Crippen molar-refractivity contribution in [3.05, 3.63) is 35.4 Å². The normalized spacial score (nSPS) is 22.1. The van der Waals surface area contributed by atoms with Crippen LogP contribution < -0.4 is 0 Å². The molecule has 0 spiro atoms. The molecule has 0 aliphatic carbocycles. The van der Waals surface area contributed by atoms with Gasteiger partial charge in [-0.3, -0.25) is 9.59 Å². The zero-order valence-electron chi connectivity index (χ0n) is 12.7. The van der Waals surface area contributed by atoms with Crippen LogP contribution in [0.25, 0.3) is 0 Å². The molecule has 0 radical (unpaired) electrons. The quantitative estimate of drug-likeness (QED) is 0.927. The van der Waals surface area contributed by atoms with Crippen LogP contribution in [0.4, 0.5) is 0 Å². The standard InChI is InChI=1S/C17H23NO3/c1-12-3-6-14(7-4-12)8-10-16(19)18-11-15(17(20)21)9-5-13(18)2/h3-4,6-7,13,15H,5,8-11H2,1-2H3,(H,20,21). The van der Waals surface area contributed by atoms with Crippen molar-refractivity contribution < 1.29 is 14.7 Å². The lowest BCUT2D eigenvalue weighted by Gasteiger charge is -2.36. The molecule has 2 atom stereocenters. The van der Waals surface area contributed by atoms with Crippen molar-refractivity contribution in [2.75, 3.05) is 6.54 Å². The summed E-state index contributed by atoms with van der Waals surface area (Å²) in [5.41, 5.74) is 2.35. The Morgan fingerprint density at radius 1 is 1.24 bits per heavy atom. The number of hydrogen-bond acceptors (Lipinski definition) is 2. The maximum Gasteiger partial charge on any atom is 0.308 e. The maximum absolute atomic E-state index is 12.3. The highest BCUT2D eigenvalue weighted by Gasteiger charge is 2.32. The van der Waals surface area contributed by atoms with Crippen molar-refractivity contribution in [1.29, 1.82) is 0 Å². The Balaban J connectivity index is 1.92. The number of nitrogens with zero attached hydrogens (tertiary/aromatic N) is 1. The van der Waals surface area contributed by atoms with Crippen LogP contribution in [-0.4, -0.2) is 34.5 Å². The van der Waals surface area contributed by atoms with Crippen LogP contribution in [0.2, 0.25) is 0 Å². The molecule has 114 valence electrons. The van der Waals surface area contributed by atoms with E-state index in [1.54, 1.807) is 4.90 Å². The Labute approximate surface area is 125 Å². The van der Waals surface area contributed by atoms with Gasteiger partial charge < -0.3 is 10.0 Å². The van der Waals surface area contributed by atoms with E-state index < -0.39 is 11.9 Å². The minimum atomic E-state index is -0.793. The van der Waals surface area contributed by atoms with Gasteiger partial charge >= 0.3 is 5.97 Å². The van der Waals surface area contributed by atoms with E-state index in [4.69, 9.17) is 5.11 Å². The molecule has 1 aromatic rings. The van der Waals surface area contributed by atoms with E-state index in [1.807, 2.05) is 38.1 Å². The van der Waals surface area contributed by atoms with E-state index in [0.717, 1.165) is 12.0 Å². The number of carboxylic acid groups (broad SMARTS) is 1. The van der Waals surface area contributed by atoms with Crippen molar-refractivity contribution >= 4 is 11.9 Å². The van der Waals surface area contributed by atoms with Gasteiger partial charge in [0.1, 0.15) is 0 Å². The second kappa shape index (κ2) is 6.74. The number of piperidine rings is 1. The van der Waals surface area contributed by atoms with Crippen molar-refractivity contribution in [1.82, 2.24) is 4.90 Å². The van der Waals surface area contributed by atoms with Crippen molar-refractivity contribution in [3.63, 3.8) is 0 Å². The summed E-state index contributed by atoms with van der Waals surface area (Å²) in [6, 6.07) is 8.32. The minimum Gasteiger partial charge on any atom is -0.481 e. The summed E-state index contributed by atoms with van der Waals surface area (Å²) in [6.45, 7) is 4.39. The SMILES string of the molecule is Cc1ccc(CCC(=O)N2CC(C(=O)O)CCC2C)cc1. The summed E-state index contributed by atoms with van der Waals surface area (Å²) in [6.07, 6.45) is 2.59. The van der Waals surface area contributed by atoms with Crippen LogP contribution in [0.3, 0.4) is 0 Å². The van der Waals surface area contributed by atoms with Crippen LogP contribution >= 0.6 is 0 Å². The first-order valence-electron chi connectivity index (χ1n) is 7.55. The molecule has 21 heavy (non-hydrogen) atoms. The second-order valence-electron chi connectivity index (χ2n) is 5.99. The molecule has 2 unspecified atom stereocenters. The molecular formula is C17H23NO3. The van der Waals surface area contributed by atoms with Gasteiger partial charge in [-0.25, -0.2) is 0 Å². The monoisotopic (exact) mass is 289 g/mol. The van der Waals surface area contributed by atoms with Gasteiger partial charge in [-0.1, -0.05) is 29.8 Å². The number of carbonyl (C=O) groups is 2. The Morgan fingerprint density at radius 2 is 1.90 bits per heavy atom. The molecule has 1 aliphatic rings. The predicted molar refractivity (Wildman–Crippen MR) is 81.0 cm³/mol. The molecule has 0 saturated carbocycles. The van der Waals surface area contributed by atoms with Gasteiger partial charge in [0.2, 0.25) is 5.91 Å². The Morgan fingerprint density at radius 3 is 2.52 bits per heavy atom. The third-order valence-electron chi connectivity index (χ3n) is 4.30. The van der Waals surface area contributed by atoms with E-state index in [0.29, 0.717) is 25.8 Å². The van der Waals surface area contributed by atoms with Crippen LogP contribution in [0.15, 0.2) is 24.3 Å². The highest BCUT2D eigenvalue weighted by atomic mass is 16.4. The molecule has 1 aliphatic heterocycles. The van der Waals surface area contributed by atoms with Crippen molar-refractivity contribution in [3.8, 4) is 0 Å². The zero-order valence-corrected chi connectivity index (χ0v) is 12.7. The van der Waals surface area contributed by atoms with E-state index in [1.165, 1.54) is 5.56 Å².